The Hall–Kier alpha value is -1.26. The molecule has 0 aromatic heterocycles. The summed E-state index contributed by atoms with van der Waals surface area (Å²) in [7, 11) is 0. The lowest BCUT2D eigenvalue weighted by molar-refractivity contribution is 0.0368. The van der Waals surface area contributed by atoms with Crippen LogP contribution in [-0.4, -0.2) is 23.2 Å². The highest BCUT2D eigenvalue weighted by Gasteiger charge is 2.23. The molecule has 106 valence electrons. The second kappa shape index (κ2) is 6.26. The van der Waals surface area contributed by atoms with Gasteiger partial charge in [-0.05, 0) is 31.4 Å². The maximum Gasteiger partial charge on any atom is 0.253 e. The van der Waals surface area contributed by atoms with Crippen molar-refractivity contribution >= 4 is 23.2 Å². The summed E-state index contributed by atoms with van der Waals surface area (Å²) in [4.78, 5) is 12.0. The molecule has 5 heteroatoms. The predicted molar refractivity (Wildman–Crippen MR) is 78.3 cm³/mol. The molecule has 0 aliphatic carbocycles. The average Bonchev–Trinajstić information content (AvgIpc) is 2.28. The number of rotatable bonds is 5. The summed E-state index contributed by atoms with van der Waals surface area (Å²) in [5.41, 5.74) is 5.40. The lowest BCUT2D eigenvalue weighted by Crippen LogP contribution is -2.41. The summed E-state index contributed by atoms with van der Waals surface area (Å²) in [6.45, 7) is 5.92. The van der Waals surface area contributed by atoms with Gasteiger partial charge in [-0.2, -0.15) is 0 Å². The predicted octanol–water partition coefficient (Wildman–Crippen LogP) is 2.45. The van der Waals surface area contributed by atoms with Gasteiger partial charge in [0.1, 0.15) is 0 Å². The number of carbonyl (C=O) groups excluding carboxylic acids is 1. The summed E-state index contributed by atoms with van der Waals surface area (Å²) in [5, 5.41) is 13.2. The Labute approximate surface area is 118 Å². The molecule has 0 aliphatic rings. The van der Waals surface area contributed by atoms with Crippen LogP contribution in [0.5, 0.6) is 0 Å². The Kier molecular flexibility index (Phi) is 5.20. The molecular weight excluding hydrogens is 264 g/mol. The number of amides is 1. The van der Waals surface area contributed by atoms with Crippen LogP contribution in [0.1, 0.15) is 37.6 Å². The third kappa shape index (κ3) is 4.73. The second-order valence-electron chi connectivity index (χ2n) is 5.48. The fraction of sp³-hybridized carbons (Fsp3) is 0.500. The highest BCUT2D eigenvalue weighted by molar-refractivity contribution is 6.33. The van der Waals surface area contributed by atoms with Crippen LogP contribution in [0.2, 0.25) is 5.02 Å². The quantitative estimate of drug-likeness (QED) is 0.727. The topological polar surface area (TPSA) is 75.3 Å². The summed E-state index contributed by atoms with van der Waals surface area (Å²) in [5.74, 6) is 0.0205. The Morgan fingerprint density at radius 3 is 2.74 bits per heavy atom. The molecule has 4 nitrogen and oxygen atoms in total. The van der Waals surface area contributed by atoms with Crippen molar-refractivity contribution in [2.24, 2.45) is 5.92 Å². The van der Waals surface area contributed by atoms with Gasteiger partial charge >= 0.3 is 0 Å². The van der Waals surface area contributed by atoms with E-state index >= 15 is 0 Å². The first-order chi connectivity index (χ1) is 8.73. The van der Waals surface area contributed by atoms with Gasteiger partial charge in [-0.15, -0.1) is 0 Å². The number of halogens is 1. The van der Waals surface area contributed by atoms with Crippen molar-refractivity contribution in [3.05, 3.63) is 28.8 Å². The van der Waals surface area contributed by atoms with E-state index < -0.39 is 5.60 Å². The number of nitrogens with one attached hydrogen (secondary N) is 1. The molecule has 0 spiro atoms. The number of hydrogen-bond acceptors (Lipinski definition) is 3. The monoisotopic (exact) mass is 284 g/mol. The van der Waals surface area contributed by atoms with Gasteiger partial charge < -0.3 is 16.2 Å². The molecule has 0 radical (unpaired) electrons. The van der Waals surface area contributed by atoms with E-state index in [0.717, 1.165) is 0 Å². The molecule has 1 atom stereocenters. The van der Waals surface area contributed by atoms with E-state index in [0.29, 0.717) is 22.9 Å². The van der Waals surface area contributed by atoms with Crippen LogP contribution < -0.4 is 11.1 Å². The zero-order valence-corrected chi connectivity index (χ0v) is 12.3. The van der Waals surface area contributed by atoms with Gasteiger partial charge in [-0.25, -0.2) is 0 Å². The van der Waals surface area contributed by atoms with Crippen molar-refractivity contribution in [3.8, 4) is 0 Å². The SMILES string of the molecule is CC(C)CC(C)(O)CNC(=O)c1cccc(Cl)c1N. The van der Waals surface area contributed by atoms with Crippen LogP contribution >= 0.6 is 11.6 Å². The number of aliphatic hydroxyl groups is 1. The molecule has 0 aliphatic heterocycles. The van der Waals surface area contributed by atoms with Crippen LogP contribution in [0.3, 0.4) is 0 Å². The van der Waals surface area contributed by atoms with Crippen molar-refractivity contribution in [2.75, 3.05) is 12.3 Å². The van der Waals surface area contributed by atoms with Crippen LogP contribution in [0.4, 0.5) is 5.69 Å². The first-order valence-electron chi connectivity index (χ1n) is 6.27. The van der Waals surface area contributed by atoms with E-state index in [9.17, 15) is 9.90 Å². The van der Waals surface area contributed by atoms with E-state index in [2.05, 4.69) is 5.32 Å². The van der Waals surface area contributed by atoms with Gasteiger partial charge in [0.15, 0.2) is 0 Å². The number of nitrogen functional groups attached to an aromatic ring is 1. The minimum Gasteiger partial charge on any atom is -0.397 e. The number of para-hydroxylation sites is 1. The Morgan fingerprint density at radius 2 is 2.16 bits per heavy atom. The Balaban J connectivity index is 2.68. The maximum atomic E-state index is 12.0. The standard InChI is InChI=1S/C14H21ClN2O2/c1-9(2)7-14(3,19)8-17-13(18)10-5-4-6-11(15)12(10)16/h4-6,9,19H,7-8,16H2,1-3H3,(H,17,18). The Bertz CT molecular complexity index is 459. The molecule has 1 unspecified atom stereocenters. The molecule has 0 saturated heterocycles. The lowest BCUT2D eigenvalue weighted by atomic mass is 9.94. The minimum atomic E-state index is -0.933. The minimum absolute atomic E-state index is 0.177. The summed E-state index contributed by atoms with van der Waals surface area (Å²) >= 11 is 5.86. The summed E-state index contributed by atoms with van der Waals surface area (Å²) in [6, 6.07) is 4.90. The largest absolute Gasteiger partial charge is 0.397 e. The van der Waals surface area contributed by atoms with Crippen LogP contribution in [0, 0.1) is 5.92 Å². The first kappa shape index (κ1) is 15.8. The smallest absolute Gasteiger partial charge is 0.253 e. The van der Waals surface area contributed by atoms with Crippen LogP contribution in [0.25, 0.3) is 0 Å². The molecule has 1 amide bonds. The zero-order chi connectivity index (χ0) is 14.6. The molecule has 0 heterocycles. The van der Waals surface area contributed by atoms with Gasteiger partial charge in [-0.1, -0.05) is 31.5 Å². The van der Waals surface area contributed by atoms with E-state index in [1.165, 1.54) is 0 Å². The molecule has 19 heavy (non-hydrogen) atoms. The third-order valence-corrected chi connectivity index (χ3v) is 3.10. The molecular formula is C14H21ClN2O2. The molecule has 1 rings (SSSR count). The van der Waals surface area contributed by atoms with Gasteiger partial charge in [0.25, 0.3) is 5.91 Å². The normalized spacial score (nSPS) is 14.2. The number of nitrogens with two attached hydrogens (primary N) is 1. The first-order valence-corrected chi connectivity index (χ1v) is 6.65. The lowest BCUT2D eigenvalue weighted by Gasteiger charge is -2.25. The molecule has 0 fully saturated rings. The highest BCUT2D eigenvalue weighted by atomic mass is 35.5. The van der Waals surface area contributed by atoms with Crippen LogP contribution in [-0.2, 0) is 0 Å². The maximum absolute atomic E-state index is 12.0. The van der Waals surface area contributed by atoms with Crippen molar-refractivity contribution in [3.63, 3.8) is 0 Å². The van der Waals surface area contributed by atoms with E-state index in [1.807, 2.05) is 13.8 Å². The number of hydrogen-bond donors (Lipinski definition) is 3. The van der Waals surface area contributed by atoms with Gasteiger partial charge in [-0.3, -0.25) is 4.79 Å². The van der Waals surface area contributed by atoms with Crippen molar-refractivity contribution in [1.29, 1.82) is 0 Å². The highest BCUT2D eigenvalue weighted by Crippen LogP contribution is 2.22. The summed E-state index contributed by atoms with van der Waals surface area (Å²) in [6.07, 6.45) is 0.609. The second-order valence-corrected chi connectivity index (χ2v) is 5.89. The fourth-order valence-corrected chi connectivity index (χ4v) is 2.23. The van der Waals surface area contributed by atoms with Gasteiger partial charge in [0.05, 0.1) is 21.9 Å². The van der Waals surface area contributed by atoms with E-state index in [1.54, 1.807) is 25.1 Å². The van der Waals surface area contributed by atoms with Crippen molar-refractivity contribution in [1.82, 2.24) is 5.32 Å². The molecule has 0 bridgehead atoms. The van der Waals surface area contributed by atoms with Gasteiger partial charge in [0, 0.05) is 6.54 Å². The van der Waals surface area contributed by atoms with Crippen molar-refractivity contribution < 1.29 is 9.90 Å². The molecule has 0 saturated carbocycles. The average molecular weight is 285 g/mol. The molecule has 1 aromatic rings. The van der Waals surface area contributed by atoms with Crippen molar-refractivity contribution in [2.45, 2.75) is 32.8 Å². The number of benzene rings is 1. The van der Waals surface area contributed by atoms with E-state index in [-0.39, 0.29) is 18.1 Å². The third-order valence-electron chi connectivity index (χ3n) is 2.78. The number of carbonyl (C=O) groups is 1. The molecule has 1 aromatic carbocycles. The van der Waals surface area contributed by atoms with Crippen LogP contribution in [0.15, 0.2) is 18.2 Å². The number of anilines is 1. The summed E-state index contributed by atoms with van der Waals surface area (Å²) < 4.78 is 0. The molecule has 4 N–H and O–H groups in total. The van der Waals surface area contributed by atoms with Gasteiger partial charge in [0.2, 0.25) is 0 Å². The Morgan fingerprint density at radius 1 is 1.53 bits per heavy atom. The van der Waals surface area contributed by atoms with E-state index in [4.69, 9.17) is 17.3 Å². The zero-order valence-electron chi connectivity index (χ0n) is 11.5. The fourth-order valence-electron chi connectivity index (χ4n) is 2.05.